The molecular formula is C18H20Cl2N2O3S. The van der Waals surface area contributed by atoms with Crippen molar-refractivity contribution in [3.8, 4) is 0 Å². The van der Waals surface area contributed by atoms with Crippen LogP contribution in [0.1, 0.15) is 18.5 Å². The van der Waals surface area contributed by atoms with E-state index in [1.165, 1.54) is 6.26 Å². The van der Waals surface area contributed by atoms with Crippen molar-refractivity contribution in [1.82, 2.24) is 4.90 Å². The van der Waals surface area contributed by atoms with Crippen molar-refractivity contribution in [1.29, 1.82) is 0 Å². The summed E-state index contributed by atoms with van der Waals surface area (Å²) in [5, 5.41) is 3.47. The number of anilines is 1. The number of nitrogens with zero attached hydrogens (tertiary/aromatic N) is 1. The lowest BCUT2D eigenvalue weighted by Crippen LogP contribution is -2.32. The summed E-state index contributed by atoms with van der Waals surface area (Å²) >= 11 is 12.1. The van der Waals surface area contributed by atoms with Gasteiger partial charge >= 0.3 is 0 Å². The molecule has 1 amide bonds. The van der Waals surface area contributed by atoms with Crippen molar-refractivity contribution in [3.05, 3.63) is 58.1 Å². The lowest BCUT2D eigenvalue weighted by Gasteiger charge is -2.24. The van der Waals surface area contributed by atoms with E-state index in [1.54, 1.807) is 42.5 Å². The Balaban J connectivity index is 2.04. The van der Waals surface area contributed by atoms with E-state index < -0.39 is 9.84 Å². The number of rotatable bonds is 6. The molecule has 8 heteroatoms. The molecule has 0 spiro atoms. The third-order valence-corrected chi connectivity index (χ3v) is 5.83. The quantitative estimate of drug-likeness (QED) is 0.774. The van der Waals surface area contributed by atoms with E-state index in [0.717, 1.165) is 5.56 Å². The van der Waals surface area contributed by atoms with Crippen LogP contribution in [0.3, 0.4) is 0 Å². The lowest BCUT2D eigenvalue weighted by molar-refractivity contribution is -0.117. The molecule has 0 aliphatic heterocycles. The number of benzene rings is 2. The highest BCUT2D eigenvalue weighted by Crippen LogP contribution is 2.30. The van der Waals surface area contributed by atoms with Crippen LogP contribution in [0, 0.1) is 0 Å². The van der Waals surface area contributed by atoms with Crippen LogP contribution in [0.4, 0.5) is 5.69 Å². The zero-order valence-electron chi connectivity index (χ0n) is 14.7. The zero-order valence-corrected chi connectivity index (χ0v) is 17.0. The monoisotopic (exact) mass is 414 g/mol. The first kappa shape index (κ1) is 20.7. The van der Waals surface area contributed by atoms with Crippen LogP contribution in [-0.2, 0) is 14.6 Å². The molecule has 0 saturated heterocycles. The highest BCUT2D eigenvalue weighted by Gasteiger charge is 2.17. The van der Waals surface area contributed by atoms with Crippen molar-refractivity contribution in [3.63, 3.8) is 0 Å². The number of hydrogen-bond acceptors (Lipinski definition) is 4. The summed E-state index contributed by atoms with van der Waals surface area (Å²) in [6.45, 7) is 2.06. The lowest BCUT2D eigenvalue weighted by atomic mass is 10.1. The molecule has 5 nitrogen and oxygen atoms in total. The van der Waals surface area contributed by atoms with Crippen molar-refractivity contribution in [2.24, 2.45) is 0 Å². The van der Waals surface area contributed by atoms with Crippen LogP contribution in [0.15, 0.2) is 47.4 Å². The van der Waals surface area contributed by atoms with Gasteiger partial charge in [-0.25, -0.2) is 8.42 Å². The number of carbonyl (C=O) groups excluding carboxylic acids is 1. The molecule has 0 bridgehead atoms. The van der Waals surface area contributed by atoms with E-state index in [2.05, 4.69) is 5.32 Å². The maximum Gasteiger partial charge on any atom is 0.238 e. The Kier molecular flexibility index (Phi) is 6.69. The fourth-order valence-electron chi connectivity index (χ4n) is 2.41. The number of hydrogen-bond donors (Lipinski definition) is 1. The van der Waals surface area contributed by atoms with Gasteiger partial charge in [-0.2, -0.15) is 0 Å². The number of nitrogens with one attached hydrogen (secondary N) is 1. The maximum atomic E-state index is 12.3. The molecule has 2 aromatic carbocycles. The second-order valence-electron chi connectivity index (χ2n) is 6.08. The Morgan fingerprint density at radius 3 is 2.15 bits per heavy atom. The predicted octanol–water partition coefficient (Wildman–Crippen LogP) is 4.03. The summed E-state index contributed by atoms with van der Waals surface area (Å²) in [6, 6.07) is 11.6. The molecule has 0 heterocycles. The van der Waals surface area contributed by atoms with Gasteiger partial charge in [0, 0.05) is 12.3 Å². The van der Waals surface area contributed by atoms with Gasteiger partial charge in [-0.15, -0.1) is 0 Å². The van der Waals surface area contributed by atoms with Gasteiger partial charge < -0.3 is 5.32 Å². The fraction of sp³-hybridized carbons (Fsp3) is 0.278. The van der Waals surface area contributed by atoms with Gasteiger partial charge in [0.25, 0.3) is 0 Å². The minimum atomic E-state index is -3.23. The summed E-state index contributed by atoms with van der Waals surface area (Å²) in [5.74, 6) is -0.248. The van der Waals surface area contributed by atoms with Crippen molar-refractivity contribution in [2.45, 2.75) is 17.9 Å². The van der Waals surface area contributed by atoms with E-state index in [-0.39, 0.29) is 23.4 Å². The van der Waals surface area contributed by atoms with E-state index in [9.17, 15) is 13.2 Å². The van der Waals surface area contributed by atoms with Gasteiger partial charge in [0.1, 0.15) is 0 Å². The standard InChI is InChI=1S/C18H20Cl2N2O3S/c1-12(13-7-9-14(10-8-13)26(3,24)25)22(2)11-17(23)21-18-15(19)5-4-6-16(18)20/h4-10,12H,11H2,1-3H3,(H,21,23). The first-order valence-electron chi connectivity index (χ1n) is 7.83. The van der Waals surface area contributed by atoms with Crippen LogP contribution in [-0.4, -0.2) is 39.1 Å². The topological polar surface area (TPSA) is 66.5 Å². The van der Waals surface area contributed by atoms with E-state index >= 15 is 0 Å². The van der Waals surface area contributed by atoms with Gasteiger partial charge in [-0.05, 0) is 43.8 Å². The molecule has 0 aliphatic carbocycles. The van der Waals surface area contributed by atoms with E-state index in [4.69, 9.17) is 23.2 Å². The number of carbonyl (C=O) groups is 1. The second kappa shape index (κ2) is 8.39. The Morgan fingerprint density at radius 2 is 1.65 bits per heavy atom. The number of likely N-dealkylation sites (N-methyl/N-ethyl adjacent to an activating group) is 1. The Labute approximate surface area is 163 Å². The maximum absolute atomic E-state index is 12.3. The molecule has 0 fully saturated rings. The third-order valence-electron chi connectivity index (χ3n) is 4.07. The van der Waals surface area contributed by atoms with Crippen LogP contribution < -0.4 is 5.32 Å². The zero-order chi connectivity index (χ0) is 19.5. The smallest absolute Gasteiger partial charge is 0.238 e. The summed E-state index contributed by atoms with van der Waals surface area (Å²) in [7, 11) is -1.42. The fourth-order valence-corrected chi connectivity index (χ4v) is 3.53. The molecule has 2 aromatic rings. The molecule has 0 aliphatic rings. The molecule has 26 heavy (non-hydrogen) atoms. The first-order valence-corrected chi connectivity index (χ1v) is 10.5. The van der Waals surface area contributed by atoms with Crippen molar-refractivity contribution in [2.75, 3.05) is 25.2 Å². The number of sulfone groups is 1. The van der Waals surface area contributed by atoms with Crippen molar-refractivity contribution < 1.29 is 13.2 Å². The van der Waals surface area contributed by atoms with Gasteiger partial charge in [0.2, 0.25) is 5.91 Å². The Morgan fingerprint density at radius 1 is 1.12 bits per heavy atom. The summed E-state index contributed by atoms with van der Waals surface area (Å²) in [6.07, 6.45) is 1.17. The number of para-hydroxylation sites is 1. The molecule has 0 radical (unpaired) electrons. The molecule has 1 unspecified atom stereocenters. The molecule has 0 aromatic heterocycles. The summed E-state index contributed by atoms with van der Waals surface area (Å²) in [5.41, 5.74) is 1.29. The first-order chi connectivity index (χ1) is 12.1. The highest BCUT2D eigenvalue weighted by molar-refractivity contribution is 7.90. The summed E-state index contributed by atoms with van der Waals surface area (Å²) in [4.78, 5) is 14.4. The highest BCUT2D eigenvalue weighted by atomic mass is 35.5. The van der Waals surface area contributed by atoms with Gasteiger partial charge in [-0.3, -0.25) is 9.69 Å². The van der Waals surface area contributed by atoms with E-state index in [1.807, 2.05) is 18.9 Å². The molecule has 0 saturated carbocycles. The average molecular weight is 415 g/mol. The van der Waals surface area contributed by atoms with Crippen molar-refractivity contribution >= 4 is 44.6 Å². The minimum absolute atomic E-state index is 0.0870. The minimum Gasteiger partial charge on any atom is -0.322 e. The number of halogens is 2. The summed E-state index contributed by atoms with van der Waals surface area (Å²) < 4.78 is 23.1. The third kappa shape index (κ3) is 5.20. The van der Waals surface area contributed by atoms with Gasteiger partial charge in [-0.1, -0.05) is 41.4 Å². The van der Waals surface area contributed by atoms with Gasteiger partial charge in [0.15, 0.2) is 9.84 Å². The molecule has 1 N–H and O–H groups in total. The van der Waals surface area contributed by atoms with Gasteiger partial charge in [0.05, 0.1) is 27.2 Å². The average Bonchev–Trinajstić information content (AvgIpc) is 2.57. The Bertz CT molecular complexity index is 879. The van der Waals surface area contributed by atoms with Crippen LogP contribution in [0.2, 0.25) is 10.0 Å². The SMILES string of the molecule is CC(c1ccc(S(C)(=O)=O)cc1)N(C)CC(=O)Nc1c(Cl)cccc1Cl. The van der Waals surface area contributed by atoms with Crippen LogP contribution in [0.25, 0.3) is 0 Å². The molecule has 2 rings (SSSR count). The molecule has 140 valence electrons. The van der Waals surface area contributed by atoms with E-state index in [0.29, 0.717) is 15.7 Å². The second-order valence-corrected chi connectivity index (χ2v) is 8.91. The molecule has 1 atom stereocenters. The molecular weight excluding hydrogens is 395 g/mol. The Hall–Kier alpha value is -1.60. The predicted molar refractivity (Wildman–Crippen MR) is 106 cm³/mol. The van der Waals surface area contributed by atoms with Crippen LogP contribution in [0.5, 0.6) is 0 Å². The van der Waals surface area contributed by atoms with Crippen LogP contribution >= 0.6 is 23.2 Å². The largest absolute Gasteiger partial charge is 0.322 e. The normalized spacial score (nSPS) is 12.8. The number of amides is 1.